The average Bonchev–Trinajstić information content (AvgIpc) is 3.72. The fraction of sp³-hybridized carbons (Fsp3) is 0.176. The minimum Gasteiger partial charge on any atom is -0.274 e. The number of halogens is 4. The van der Waals surface area contributed by atoms with Gasteiger partial charge in [0.25, 0.3) is 11.8 Å². The van der Waals surface area contributed by atoms with Crippen molar-refractivity contribution in [2.24, 2.45) is 11.8 Å². The molecule has 0 radical (unpaired) electrons. The second-order valence-corrected chi connectivity index (χ2v) is 13.3. The highest BCUT2D eigenvalue weighted by Gasteiger charge is 2.73. The quantitative estimate of drug-likeness (QED) is 0.221. The van der Waals surface area contributed by atoms with Crippen LogP contribution in [0.25, 0.3) is 0 Å². The first-order chi connectivity index (χ1) is 22.2. The Morgan fingerprint density at radius 2 is 0.783 bits per heavy atom. The molecule has 4 saturated heterocycles. The molecule has 4 aliphatic heterocycles. The zero-order valence-corrected chi connectivity index (χ0v) is 26.7. The summed E-state index contributed by atoms with van der Waals surface area (Å²) in [7, 11) is 0. The van der Waals surface area contributed by atoms with Crippen molar-refractivity contribution in [1.29, 1.82) is 0 Å². The lowest BCUT2D eigenvalue weighted by Gasteiger charge is -2.35. The molecular weight excluding hydrogens is 670 g/mol. The summed E-state index contributed by atoms with van der Waals surface area (Å²) in [5, 5.41) is 4.61. The third-order valence-electron chi connectivity index (χ3n) is 9.33. The van der Waals surface area contributed by atoms with E-state index in [-0.39, 0.29) is 20.1 Å². The highest BCUT2D eigenvalue weighted by Crippen LogP contribution is 2.59. The largest absolute Gasteiger partial charge is 0.274 e. The number of hydrogen-bond donors (Lipinski definition) is 0. The van der Waals surface area contributed by atoms with Gasteiger partial charge in [-0.05, 0) is 47.5 Å². The molecule has 6 atom stereocenters. The molecule has 12 heteroatoms. The first-order valence-electron chi connectivity index (χ1n) is 14.5. The second kappa shape index (κ2) is 10.9. The van der Waals surface area contributed by atoms with Gasteiger partial charge < -0.3 is 0 Å². The number of hydrogen-bond acceptors (Lipinski definition) is 6. The minimum absolute atomic E-state index is 0.203. The summed E-state index contributed by atoms with van der Waals surface area (Å²) in [6.45, 7) is 0. The summed E-state index contributed by atoms with van der Waals surface area (Å²) in [4.78, 5) is 60.1. The van der Waals surface area contributed by atoms with E-state index in [1.165, 1.54) is 24.3 Å². The van der Waals surface area contributed by atoms with Crippen molar-refractivity contribution in [2.75, 3.05) is 9.80 Å². The van der Waals surface area contributed by atoms with E-state index in [1.54, 1.807) is 12.1 Å². The smallest absolute Gasteiger partial charge is 0.253 e. The molecule has 0 aromatic heterocycles. The van der Waals surface area contributed by atoms with Crippen LogP contribution in [-0.4, -0.2) is 45.7 Å². The van der Waals surface area contributed by atoms with Gasteiger partial charge in [0.15, 0.2) is 0 Å². The van der Waals surface area contributed by atoms with Gasteiger partial charge in [-0.25, -0.2) is 19.8 Å². The Morgan fingerprint density at radius 3 is 1.13 bits per heavy atom. The Bertz CT molecular complexity index is 1820. The third kappa shape index (κ3) is 4.15. The summed E-state index contributed by atoms with van der Waals surface area (Å²) in [6, 6.07) is 24.3. The van der Waals surface area contributed by atoms with Gasteiger partial charge in [-0.2, -0.15) is 0 Å². The predicted octanol–water partition coefficient (Wildman–Crippen LogP) is 6.75. The maximum Gasteiger partial charge on any atom is 0.253 e. The normalized spacial score (nSPS) is 27.5. The van der Waals surface area contributed by atoms with Crippen molar-refractivity contribution < 1.29 is 19.2 Å². The lowest BCUT2D eigenvalue weighted by molar-refractivity contribution is -0.136. The summed E-state index contributed by atoms with van der Waals surface area (Å²) in [5.74, 6) is -3.59. The van der Waals surface area contributed by atoms with E-state index in [9.17, 15) is 19.2 Å². The fourth-order valence-corrected chi connectivity index (χ4v) is 8.14. The molecule has 4 heterocycles. The van der Waals surface area contributed by atoms with E-state index in [4.69, 9.17) is 46.4 Å². The third-order valence-corrected chi connectivity index (χ3v) is 10.8. The Hall–Kier alpha value is -3.76. The molecule has 0 spiro atoms. The zero-order valence-electron chi connectivity index (χ0n) is 23.6. The Kier molecular flexibility index (Phi) is 7.03. The zero-order chi connectivity index (χ0) is 32.0. The highest BCUT2D eigenvalue weighted by molar-refractivity contribution is 6.43. The van der Waals surface area contributed by atoms with Gasteiger partial charge in [0.2, 0.25) is 11.8 Å². The van der Waals surface area contributed by atoms with E-state index in [0.29, 0.717) is 11.4 Å². The molecule has 0 saturated carbocycles. The highest BCUT2D eigenvalue weighted by atomic mass is 35.5. The first-order valence-corrected chi connectivity index (χ1v) is 16.0. The maximum absolute atomic E-state index is 14.5. The molecule has 0 bridgehead atoms. The van der Waals surface area contributed by atoms with E-state index >= 15 is 0 Å². The number of carbonyl (C=O) groups is 4. The Labute approximate surface area is 283 Å². The summed E-state index contributed by atoms with van der Waals surface area (Å²) in [5.41, 5.74) is 2.06. The van der Waals surface area contributed by atoms with E-state index in [2.05, 4.69) is 0 Å². The lowest BCUT2D eigenvalue weighted by Crippen LogP contribution is -2.50. The number of nitrogens with zero attached hydrogens (tertiary/aromatic N) is 4. The van der Waals surface area contributed by atoms with Crippen LogP contribution in [0.1, 0.15) is 23.2 Å². The van der Waals surface area contributed by atoms with E-state index in [1.807, 2.05) is 70.7 Å². The molecule has 0 N–H and O–H groups in total. The predicted molar refractivity (Wildman–Crippen MR) is 175 cm³/mol. The number of carbonyl (C=O) groups excluding carboxylic acids is 4. The molecule has 4 amide bonds. The van der Waals surface area contributed by atoms with E-state index < -0.39 is 59.6 Å². The Balaban J connectivity index is 1.32. The molecule has 4 aromatic rings. The summed E-state index contributed by atoms with van der Waals surface area (Å²) < 4.78 is 0. The lowest BCUT2D eigenvalue weighted by atomic mass is 9.84. The molecule has 4 fully saturated rings. The van der Waals surface area contributed by atoms with Crippen molar-refractivity contribution in [3.05, 3.63) is 128 Å². The molecule has 8 nitrogen and oxygen atoms in total. The number of rotatable bonds is 4. The molecule has 4 aromatic carbocycles. The molecule has 230 valence electrons. The first kappa shape index (κ1) is 29.6. The number of amides is 4. The van der Waals surface area contributed by atoms with Crippen LogP contribution < -0.4 is 9.80 Å². The van der Waals surface area contributed by atoms with Crippen molar-refractivity contribution in [2.45, 2.75) is 24.2 Å². The summed E-state index contributed by atoms with van der Waals surface area (Å²) in [6.07, 6.45) is 0. The van der Waals surface area contributed by atoms with Crippen LogP contribution in [0.2, 0.25) is 20.1 Å². The van der Waals surface area contributed by atoms with Crippen LogP contribution in [0.3, 0.4) is 0 Å². The SMILES string of the molecule is O=C1[C@@H]2[C@H](C(=O)N1c1ccc(Cl)c(Cl)c1)N1[C@H](c3ccccc3)[C@@H]3C(=O)N(c4ccc(Cl)c(Cl)c4)C(=O)[C@@H]3N1[C@H]2c1ccccc1. The van der Waals surface area contributed by atoms with Crippen LogP contribution in [0.15, 0.2) is 97.1 Å². The number of imide groups is 2. The minimum atomic E-state index is -0.998. The molecule has 0 unspecified atom stereocenters. The standard InChI is InChI=1S/C34H22Cl4N4O4/c35-21-13-11-19(15-23(21)37)39-31(43)25-27(17-7-3-1-4-8-17)41-30-26(28(18-9-5-2-6-10-18)42(41)29(25)33(39)45)32(44)40(34(30)46)20-12-14-22(36)24(38)16-20/h1-16,25-30H/t25-,26-,27-,28+,29+,30+/m0/s1. The number of hydrazine groups is 1. The number of benzene rings is 4. The molecular formula is C34H22Cl4N4O4. The van der Waals surface area contributed by atoms with E-state index in [0.717, 1.165) is 20.9 Å². The van der Waals surface area contributed by atoms with Gasteiger partial charge in [0.05, 0.1) is 55.4 Å². The monoisotopic (exact) mass is 690 g/mol. The van der Waals surface area contributed by atoms with Gasteiger partial charge in [-0.15, -0.1) is 0 Å². The van der Waals surface area contributed by atoms with Crippen LogP contribution >= 0.6 is 46.4 Å². The van der Waals surface area contributed by atoms with Crippen molar-refractivity contribution in [3.8, 4) is 0 Å². The van der Waals surface area contributed by atoms with Gasteiger partial charge in [-0.1, -0.05) is 107 Å². The fourth-order valence-electron chi connectivity index (χ4n) is 7.56. The van der Waals surface area contributed by atoms with Crippen molar-refractivity contribution in [1.82, 2.24) is 10.0 Å². The number of fused-ring (bicyclic) bond motifs is 5. The van der Waals surface area contributed by atoms with Crippen molar-refractivity contribution >= 4 is 81.4 Å². The van der Waals surface area contributed by atoms with Gasteiger partial charge in [-0.3, -0.25) is 19.2 Å². The molecule has 8 rings (SSSR count). The van der Waals surface area contributed by atoms with Crippen LogP contribution in [0.4, 0.5) is 11.4 Å². The molecule has 4 aliphatic rings. The molecule has 0 aliphatic carbocycles. The van der Waals surface area contributed by atoms with Gasteiger partial charge >= 0.3 is 0 Å². The van der Waals surface area contributed by atoms with Crippen LogP contribution in [-0.2, 0) is 19.2 Å². The maximum atomic E-state index is 14.5. The van der Waals surface area contributed by atoms with Gasteiger partial charge in [0, 0.05) is 0 Å². The topological polar surface area (TPSA) is 81.2 Å². The Morgan fingerprint density at radius 1 is 0.413 bits per heavy atom. The average molecular weight is 692 g/mol. The number of anilines is 2. The second-order valence-electron chi connectivity index (χ2n) is 11.6. The van der Waals surface area contributed by atoms with Crippen molar-refractivity contribution in [3.63, 3.8) is 0 Å². The van der Waals surface area contributed by atoms with Crippen LogP contribution in [0, 0.1) is 11.8 Å². The van der Waals surface area contributed by atoms with Crippen LogP contribution in [0.5, 0.6) is 0 Å². The molecule has 46 heavy (non-hydrogen) atoms. The summed E-state index contributed by atoms with van der Waals surface area (Å²) >= 11 is 24.9. The van der Waals surface area contributed by atoms with Gasteiger partial charge in [0.1, 0.15) is 12.1 Å².